The van der Waals surface area contributed by atoms with E-state index in [-0.39, 0.29) is 11.4 Å². The number of hydrogen-bond donors (Lipinski definition) is 0. The van der Waals surface area contributed by atoms with Crippen LogP contribution in [-0.2, 0) is 14.4 Å². The number of carbonyl (C=O) groups is 3. The Labute approximate surface area is 153 Å². The minimum Gasteiger partial charge on any atom is -0.497 e. The lowest BCUT2D eigenvalue weighted by molar-refractivity contribution is -0.126. The molecule has 2 aromatic rings. The highest BCUT2D eigenvalue weighted by Gasteiger charge is 2.57. The number of ether oxygens (including phenoxy) is 1. The van der Waals surface area contributed by atoms with Crippen molar-refractivity contribution in [2.24, 2.45) is 11.1 Å². The van der Waals surface area contributed by atoms with Gasteiger partial charge in [0.1, 0.15) is 23.2 Å². The SMILES string of the molecule is COc1ccc(C(=O)C2=NOC3C(=O)N(c4ccc(F)cc4)C(=O)C23)cc1. The molecule has 1 saturated heterocycles. The maximum Gasteiger partial charge on any atom is 0.278 e. The fourth-order valence-electron chi connectivity index (χ4n) is 3.10. The van der Waals surface area contributed by atoms with Gasteiger partial charge in [-0.15, -0.1) is 0 Å². The molecule has 0 radical (unpaired) electrons. The summed E-state index contributed by atoms with van der Waals surface area (Å²) in [4.78, 5) is 44.1. The maximum atomic E-state index is 13.1. The van der Waals surface area contributed by atoms with E-state index >= 15 is 0 Å². The molecule has 0 aliphatic carbocycles. The second-order valence-electron chi connectivity index (χ2n) is 6.03. The standard InChI is InChI=1S/C19H13FN2O5/c1-26-13-8-2-10(3-9-13)16(23)15-14-17(27-21-15)19(25)22(18(14)24)12-6-4-11(20)5-7-12/h2-9,14,17H,1H3. The Balaban J connectivity index is 1.63. The number of anilines is 1. The highest BCUT2D eigenvalue weighted by atomic mass is 19.1. The predicted octanol–water partition coefficient (Wildman–Crippen LogP) is 1.96. The number of nitrogens with zero attached hydrogens (tertiary/aromatic N) is 2. The normalized spacial score (nSPS) is 21.0. The molecule has 2 unspecified atom stereocenters. The molecule has 2 amide bonds. The predicted molar refractivity (Wildman–Crippen MR) is 92.0 cm³/mol. The van der Waals surface area contributed by atoms with Crippen molar-refractivity contribution in [1.82, 2.24) is 0 Å². The van der Waals surface area contributed by atoms with Gasteiger partial charge in [0.05, 0.1) is 12.8 Å². The lowest BCUT2D eigenvalue weighted by Gasteiger charge is -2.15. The highest BCUT2D eigenvalue weighted by Crippen LogP contribution is 2.34. The van der Waals surface area contributed by atoms with Crippen molar-refractivity contribution in [1.29, 1.82) is 0 Å². The van der Waals surface area contributed by atoms with Crippen LogP contribution in [0.5, 0.6) is 5.75 Å². The fraction of sp³-hybridized carbons (Fsp3) is 0.158. The van der Waals surface area contributed by atoms with Crippen LogP contribution in [0.25, 0.3) is 0 Å². The molecular weight excluding hydrogens is 355 g/mol. The van der Waals surface area contributed by atoms with Crippen molar-refractivity contribution in [3.8, 4) is 5.75 Å². The van der Waals surface area contributed by atoms with Crippen LogP contribution in [0.3, 0.4) is 0 Å². The Morgan fingerprint density at radius 3 is 2.37 bits per heavy atom. The minimum atomic E-state index is -1.19. The van der Waals surface area contributed by atoms with Crippen LogP contribution in [0.15, 0.2) is 53.7 Å². The van der Waals surface area contributed by atoms with Crippen LogP contribution in [0.4, 0.5) is 10.1 Å². The van der Waals surface area contributed by atoms with Gasteiger partial charge in [-0.2, -0.15) is 0 Å². The molecule has 2 aliphatic heterocycles. The zero-order valence-electron chi connectivity index (χ0n) is 14.1. The molecule has 7 nitrogen and oxygen atoms in total. The number of benzene rings is 2. The van der Waals surface area contributed by atoms with Crippen LogP contribution in [0.1, 0.15) is 10.4 Å². The number of rotatable bonds is 4. The number of ketones is 1. The van der Waals surface area contributed by atoms with Gasteiger partial charge in [0.15, 0.2) is 0 Å². The van der Waals surface area contributed by atoms with Gasteiger partial charge >= 0.3 is 0 Å². The zero-order valence-corrected chi connectivity index (χ0v) is 14.1. The quantitative estimate of drug-likeness (QED) is 0.608. The molecule has 8 heteroatoms. The van der Waals surface area contributed by atoms with Crippen LogP contribution in [0.2, 0.25) is 0 Å². The van der Waals surface area contributed by atoms with E-state index in [9.17, 15) is 18.8 Å². The smallest absolute Gasteiger partial charge is 0.278 e. The molecule has 0 bridgehead atoms. The molecule has 2 atom stereocenters. The van der Waals surface area contributed by atoms with Crippen molar-refractivity contribution in [2.75, 3.05) is 12.0 Å². The van der Waals surface area contributed by atoms with Gasteiger partial charge in [0.2, 0.25) is 17.8 Å². The van der Waals surface area contributed by atoms with Crippen molar-refractivity contribution < 1.29 is 28.3 Å². The summed E-state index contributed by atoms with van der Waals surface area (Å²) >= 11 is 0. The number of amides is 2. The molecular formula is C19H13FN2O5. The number of Topliss-reactive ketones (excluding diaryl/α,β-unsaturated/α-hetero) is 1. The Kier molecular flexibility index (Phi) is 3.95. The van der Waals surface area contributed by atoms with Crippen LogP contribution < -0.4 is 9.64 Å². The number of imide groups is 1. The van der Waals surface area contributed by atoms with Gasteiger partial charge in [-0.3, -0.25) is 14.4 Å². The molecule has 4 rings (SSSR count). The summed E-state index contributed by atoms with van der Waals surface area (Å²) in [5.74, 6) is -2.83. The van der Waals surface area contributed by atoms with Crippen molar-refractivity contribution in [2.45, 2.75) is 6.10 Å². The number of methoxy groups -OCH3 is 1. The molecule has 0 N–H and O–H groups in total. The summed E-state index contributed by atoms with van der Waals surface area (Å²) < 4.78 is 18.2. The molecule has 0 spiro atoms. The molecule has 1 fully saturated rings. The van der Waals surface area contributed by atoms with Crippen molar-refractivity contribution in [3.63, 3.8) is 0 Å². The molecule has 2 aliphatic rings. The first kappa shape index (κ1) is 16.9. The molecule has 2 heterocycles. The van der Waals surface area contributed by atoms with Gasteiger partial charge < -0.3 is 9.57 Å². The second-order valence-corrected chi connectivity index (χ2v) is 6.03. The topological polar surface area (TPSA) is 85.3 Å². The molecule has 136 valence electrons. The van der Waals surface area contributed by atoms with E-state index in [4.69, 9.17) is 9.57 Å². The average Bonchev–Trinajstić information content (AvgIpc) is 3.23. The second kappa shape index (κ2) is 6.31. The summed E-state index contributed by atoms with van der Waals surface area (Å²) in [6.07, 6.45) is -1.19. The minimum absolute atomic E-state index is 0.131. The largest absolute Gasteiger partial charge is 0.497 e. The van der Waals surface area contributed by atoms with E-state index in [1.54, 1.807) is 12.1 Å². The number of halogens is 1. The first-order valence-electron chi connectivity index (χ1n) is 8.07. The Morgan fingerprint density at radius 2 is 1.74 bits per heavy atom. The lowest BCUT2D eigenvalue weighted by atomic mass is 9.93. The average molecular weight is 368 g/mol. The maximum absolute atomic E-state index is 13.1. The third-order valence-corrected chi connectivity index (χ3v) is 4.48. The monoisotopic (exact) mass is 368 g/mol. The first-order chi connectivity index (χ1) is 13.0. The zero-order chi connectivity index (χ0) is 19.1. The summed E-state index contributed by atoms with van der Waals surface area (Å²) in [5.41, 5.74) is 0.369. The van der Waals surface area contributed by atoms with Crippen LogP contribution in [-0.4, -0.2) is 36.5 Å². The first-order valence-corrected chi connectivity index (χ1v) is 8.07. The Morgan fingerprint density at radius 1 is 1.07 bits per heavy atom. The van der Waals surface area contributed by atoms with Crippen LogP contribution in [0, 0.1) is 11.7 Å². The molecule has 27 heavy (non-hydrogen) atoms. The number of oxime groups is 1. The summed E-state index contributed by atoms with van der Waals surface area (Å²) in [7, 11) is 1.50. The summed E-state index contributed by atoms with van der Waals surface area (Å²) in [5, 5.41) is 3.69. The third-order valence-electron chi connectivity index (χ3n) is 4.48. The van der Waals surface area contributed by atoms with Gasteiger partial charge in [-0.05, 0) is 48.5 Å². The van der Waals surface area contributed by atoms with Crippen LogP contribution >= 0.6 is 0 Å². The van der Waals surface area contributed by atoms with E-state index in [2.05, 4.69) is 5.16 Å². The van der Waals surface area contributed by atoms with Gasteiger partial charge in [-0.1, -0.05) is 5.16 Å². The number of hydrogen-bond acceptors (Lipinski definition) is 6. The number of fused-ring (bicyclic) bond motifs is 1. The fourth-order valence-corrected chi connectivity index (χ4v) is 3.10. The van der Waals surface area contributed by atoms with Gasteiger partial charge in [0.25, 0.3) is 5.91 Å². The molecule has 0 saturated carbocycles. The van der Waals surface area contributed by atoms with Gasteiger partial charge in [0, 0.05) is 5.56 Å². The molecule has 0 aromatic heterocycles. The third kappa shape index (κ3) is 2.66. The Hall–Kier alpha value is -3.55. The lowest BCUT2D eigenvalue weighted by Crippen LogP contribution is -2.34. The van der Waals surface area contributed by atoms with E-state index in [0.29, 0.717) is 11.3 Å². The van der Waals surface area contributed by atoms with E-state index in [1.165, 1.54) is 31.4 Å². The Bertz CT molecular complexity index is 969. The van der Waals surface area contributed by atoms with Crippen molar-refractivity contribution in [3.05, 3.63) is 59.9 Å². The summed E-state index contributed by atoms with van der Waals surface area (Å²) in [6.45, 7) is 0. The highest BCUT2D eigenvalue weighted by molar-refractivity contribution is 6.52. The molecule has 2 aromatic carbocycles. The van der Waals surface area contributed by atoms with Gasteiger partial charge in [-0.25, -0.2) is 9.29 Å². The van der Waals surface area contributed by atoms with E-state index in [0.717, 1.165) is 17.0 Å². The summed E-state index contributed by atoms with van der Waals surface area (Å²) in [6, 6.07) is 11.2. The van der Waals surface area contributed by atoms with E-state index < -0.39 is 35.4 Å². The number of carbonyl (C=O) groups excluding carboxylic acids is 3. The van der Waals surface area contributed by atoms with E-state index in [1.807, 2.05) is 0 Å². The van der Waals surface area contributed by atoms with Crippen molar-refractivity contribution >= 4 is 29.0 Å².